The van der Waals surface area contributed by atoms with E-state index in [4.69, 9.17) is 0 Å². The maximum absolute atomic E-state index is 14.4. The fourth-order valence-corrected chi connectivity index (χ4v) is 8.23. The number of para-hydroxylation sites is 1. The van der Waals surface area contributed by atoms with E-state index < -0.39 is 6.89 Å². The first kappa shape index (κ1) is 24.2. The zero-order valence-corrected chi connectivity index (χ0v) is 21.1. The molecule has 0 atom stereocenters. The van der Waals surface area contributed by atoms with E-state index >= 15 is 0 Å². The van der Waals surface area contributed by atoms with E-state index in [1.807, 2.05) is 78.9 Å². The highest BCUT2D eigenvalue weighted by Crippen LogP contribution is 2.43. The third kappa shape index (κ3) is 4.95. The molecule has 5 aromatic rings. The molecule has 0 aromatic heterocycles. The smallest absolute Gasteiger partial charge is 0.265 e. The summed E-state index contributed by atoms with van der Waals surface area (Å²) in [4.78, 5) is 29.4. The number of benzene rings is 5. The molecule has 4 heteroatoms. The van der Waals surface area contributed by atoms with Crippen LogP contribution in [0.15, 0.2) is 152 Å². The minimum Gasteiger partial charge on any atom is -0.269 e. The lowest BCUT2D eigenvalue weighted by Gasteiger charge is -2.30. The van der Waals surface area contributed by atoms with Gasteiger partial charge in [-0.2, -0.15) is 0 Å². The Bertz CT molecular complexity index is 1430. The number of amides is 2. The van der Waals surface area contributed by atoms with Crippen LogP contribution in [0.3, 0.4) is 0 Å². The van der Waals surface area contributed by atoms with E-state index in [-0.39, 0.29) is 11.8 Å². The molecule has 0 aliphatic rings. The molecule has 3 nitrogen and oxygen atoms in total. The van der Waals surface area contributed by atoms with Crippen LogP contribution in [0.25, 0.3) is 0 Å². The molecule has 0 bridgehead atoms. The van der Waals surface area contributed by atoms with E-state index in [2.05, 4.69) is 36.4 Å². The lowest BCUT2D eigenvalue weighted by Crippen LogP contribution is -2.40. The second-order valence-electron chi connectivity index (χ2n) is 8.54. The highest BCUT2D eigenvalue weighted by molar-refractivity contribution is 7.95. The first-order valence-corrected chi connectivity index (χ1v) is 14.0. The van der Waals surface area contributed by atoms with E-state index in [0.717, 1.165) is 15.9 Å². The van der Waals surface area contributed by atoms with Gasteiger partial charge in [-0.3, -0.25) is 9.59 Å². The van der Waals surface area contributed by atoms with Gasteiger partial charge in [-0.1, -0.05) is 127 Å². The molecule has 2 amide bonds. The number of imide groups is 1. The van der Waals surface area contributed by atoms with Gasteiger partial charge in [0.25, 0.3) is 11.8 Å². The van der Waals surface area contributed by atoms with Crippen molar-refractivity contribution in [3.05, 3.63) is 157 Å². The molecule has 5 aromatic carbocycles. The Morgan fingerprint density at radius 1 is 0.486 bits per heavy atom. The van der Waals surface area contributed by atoms with E-state index in [0.29, 0.717) is 11.3 Å². The monoisotopic (exact) mass is 499 g/mol. The Morgan fingerprint density at radius 3 is 1.24 bits per heavy atom. The summed E-state index contributed by atoms with van der Waals surface area (Å²) in [6.45, 7) is -2.58. The molecule has 0 saturated heterocycles. The fraction of sp³-hybridized carbons (Fsp3) is 0. The van der Waals surface area contributed by atoms with E-state index in [1.54, 1.807) is 42.2 Å². The SMILES string of the molecule is O=C(C=P(c1ccccc1)(c1ccccc1)c1ccccc1)N(C(=O)c1ccccc1)c1ccccc1. The number of carbonyl (C=O) groups excluding carboxylic acids is 2. The summed E-state index contributed by atoms with van der Waals surface area (Å²) in [6.07, 6.45) is 0. The molecule has 5 rings (SSSR count). The van der Waals surface area contributed by atoms with E-state index in [1.165, 1.54) is 4.90 Å². The summed E-state index contributed by atoms with van der Waals surface area (Å²) in [7, 11) is 0. The van der Waals surface area contributed by atoms with Gasteiger partial charge >= 0.3 is 0 Å². The summed E-state index contributed by atoms with van der Waals surface area (Å²) in [5.74, 6) is 1.08. The largest absolute Gasteiger partial charge is 0.269 e. The van der Waals surface area contributed by atoms with Gasteiger partial charge in [-0.15, -0.1) is 0 Å². The molecule has 0 N–H and O–H groups in total. The van der Waals surface area contributed by atoms with Crippen LogP contribution < -0.4 is 20.8 Å². The zero-order chi connectivity index (χ0) is 25.5. The van der Waals surface area contributed by atoms with Crippen molar-refractivity contribution < 1.29 is 9.59 Å². The Hall–Kier alpha value is -4.46. The number of carbonyl (C=O) groups is 2. The van der Waals surface area contributed by atoms with Crippen molar-refractivity contribution in [2.75, 3.05) is 4.90 Å². The van der Waals surface area contributed by atoms with Gasteiger partial charge in [0, 0.05) is 11.4 Å². The highest BCUT2D eigenvalue weighted by Gasteiger charge is 2.30. The first-order valence-electron chi connectivity index (χ1n) is 12.1. The summed E-state index contributed by atoms with van der Waals surface area (Å²) < 4.78 is 0. The van der Waals surface area contributed by atoms with Crippen LogP contribution in [0.4, 0.5) is 5.69 Å². The average molecular weight is 500 g/mol. The Balaban J connectivity index is 1.79. The fourth-order valence-electron chi connectivity index (χ4n) is 4.52. The Morgan fingerprint density at radius 2 is 0.838 bits per heavy atom. The van der Waals surface area contributed by atoms with Crippen molar-refractivity contribution in [3.8, 4) is 0 Å². The summed E-state index contributed by atoms with van der Waals surface area (Å²) >= 11 is 0. The molecule has 0 fully saturated rings. The minimum atomic E-state index is -2.58. The van der Waals surface area contributed by atoms with Crippen LogP contribution in [0.2, 0.25) is 0 Å². The van der Waals surface area contributed by atoms with Crippen molar-refractivity contribution in [2.45, 2.75) is 0 Å². The number of nitrogens with zero attached hydrogens (tertiary/aromatic N) is 1. The molecule has 0 aliphatic heterocycles. The van der Waals surface area contributed by atoms with Crippen LogP contribution >= 0.6 is 6.89 Å². The van der Waals surface area contributed by atoms with Crippen molar-refractivity contribution in [2.24, 2.45) is 0 Å². The van der Waals surface area contributed by atoms with Crippen LogP contribution in [0.5, 0.6) is 0 Å². The van der Waals surface area contributed by atoms with Crippen molar-refractivity contribution in [1.82, 2.24) is 0 Å². The van der Waals surface area contributed by atoms with Crippen molar-refractivity contribution in [1.29, 1.82) is 0 Å². The van der Waals surface area contributed by atoms with Gasteiger partial charge in [0.2, 0.25) is 0 Å². The Labute approximate surface area is 217 Å². The predicted molar refractivity (Wildman–Crippen MR) is 156 cm³/mol. The lowest BCUT2D eigenvalue weighted by molar-refractivity contribution is -0.111. The minimum absolute atomic E-state index is 0.357. The second kappa shape index (κ2) is 11.1. The third-order valence-electron chi connectivity index (χ3n) is 6.25. The van der Waals surface area contributed by atoms with Crippen LogP contribution in [0, 0.1) is 0 Å². The second-order valence-corrected chi connectivity index (χ2v) is 11.8. The van der Waals surface area contributed by atoms with Gasteiger partial charge in [0.1, 0.15) is 0 Å². The predicted octanol–water partition coefficient (Wildman–Crippen LogP) is 5.66. The number of hydrogen-bond acceptors (Lipinski definition) is 2. The standard InChI is InChI=1S/C33H26NO2P/c35-32(34(28-18-8-2-9-19-28)33(36)27-16-6-1-7-17-27)26-37(29-20-10-3-11-21-29,30-22-12-4-13-23-30)31-24-14-5-15-25-31/h1-26H. The molecule has 0 aliphatic carbocycles. The maximum Gasteiger partial charge on any atom is 0.265 e. The van der Waals surface area contributed by atoms with Crippen molar-refractivity contribution >= 4 is 46.1 Å². The Kier molecular flexibility index (Phi) is 7.26. The summed E-state index contributed by atoms with van der Waals surface area (Å²) in [5, 5.41) is 3.13. The first-order chi connectivity index (χ1) is 18.2. The molecular weight excluding hydrogens is 473 g/mol. The molecule has 0 unspecified atom stereocenters. The average Bonchev–Trinajstić information content (AvgIpc) is 2.98. The van der Waals surface area contributed by atoms with Gasteiger partial charge < -0.3 is 0 Å². The van der Waals surface area contributed by atoms with Crippen LogP contribution in [-0.4, -0.2) is 17.6 Å². The third-order valence-corrected chi connectivity index (χ3v) is 10.2. The molecular formula is C33H26NO2P. The van der Waals surface area contributed by atoms with E-state index in [9.17, 15) is 9.59 Å². The van der Waals surface area contributed by atoms with Gasteiger partial charge in [-0.25, -0.2) is 4.90 Å². The molecule has 0 heterocycles. The number of hydrogen-bond donors (Lipinski definition) is 0. The number of rotatable bonds is 6. The number of anilines is 1. The van der Waals surface area contributed by atoms with Crippen molar-refractivity contribution in [3.63, 3.8) is 0 Å². The van der Waals surface area contributed by atoms with Crippen LogP contribution in [0.1, 0.15) is 10.4 Å². The van der Waals surface area contributed by atoms with Gasteiger partial charge in [0.05, 0.1) is 5.69 Å². The van der Waals surface area contributed by atoms with Gasteiger partial charge in [0.15, 0.2) is 0 Å². The highest BCUT2D eigenvalue weighted by atomic mass is 31.2. The quantitative estimate of drug-likeness (QED) is 0.283. The summed E-state index contributed by atoms with van der Waals surface area (Å²) in [5.41, 5.74) is 0.987. The summed E-state index contributed by atoms with van der Waals surface area (Å²) in [6, 6.07) is 48.4. The normalized spacial score (nSPS) is 10.9. The molecule has 0 spiro atoms. The molecule has 0 radical (unpaired) electrons. The molecule has 180 valence electrons. The topological polar surface area (TPSA) is 37.4 Å². The maximum atomic E-state index is 14.4. The molecule has 0 saturated carbocycles. The van der Waals surface area contributed by atoms with Crippen LogP contribution in [-0.2, 0) is 4.79 Å². The molecule has 37 heavy (non-hydrogen) atoms. The lowest BCUT2D eigenvalue weighted by atomic mass is 10.2. The zero-order valence-electron chi connectivity index (χ0n) is 20.2. The van der Waals surface area contributed by atoms with Gasteiger partial charge in [-0.05, 0) is 47.1 Å².